The fourth-order valence-electron chi connectivity index (χ4n) is 11.0. The van der Waals surface area contributed by atoms with Gasteiger partial charge < -0.3 is 30.6 Å². The number of para-hydroxylation sites is 2. The molecule has 12 nitrogen and oxygen atoms in total. The smallest absolute Gasteiger partial charge is 0.264 e. The first-order valence-electron chi connectivity index (χ1n) is 16.8. The van der Waals surface area contributed by atoms with E-state index in [1.165, 1.54) is 53.0 Å². The van der Waals surface area contributed by atoms with Crippen LogP contribution in [0, 0.1) is 11.8 Å². The number of rotatable bonds is 3. The molecule has 10 aliphatic heterocycles. The van der Waals surface area contributed by atoms with Gasteiger partial charge >= 0.3 is 0 Å². The van der Waals surface area contributed by atoms with Gasteiger partial charge in [0.05, 0.1) is 10.8 Å². The molecule has 10 atom stereocenters. The minimum atomic E-state index is -1.78. The number of likely N-dealkylation sites (N-methyl/N-ethyl adjacent to an activating group) is 2. The van der Waals surface area contributed by atoms with Crippen LogP contribution in [0.1, 0.15) is 38.8 Å². The second kappa shape index (κ2) is 9.23. The molecule has 8 fully saturated rings. The summed E-state index contributed by atoms with van der Waals surface area (Å²) in [4.78, 5) is 60.2. The van der Waals surface area contributed by atoms with E-state index in [1.807, 2.05) is 76.2 Å². The number of amides is 4. The third kappa shape index (κ3) is 2.67. The molecule has 2 unspecified atom stereocenters. The van der Waals surface area contributed by atoms with E-state index in [4.69, 9.17) is 0 Å². The molecular weight excluding hydrogens is 717 g/mol. The summed E-state index contributed by atoms with van der Waals surface area (Å²) in [6.45, 7) is 7.66. The van der Waals surface area contributed by atoms with E-state index in [9.17, 15) is 19.8 Å². The summed E-state index contributed by atoms with van der Waals surface area (Å²) in [5, 5.41) is 34.2. The van der Waals surface area contributed by atoms with Crippen LogP contribution in [-0.4, -0.2) is 112 Å². The molecule has 4 N–H and O–H groups in total. The van der Waals surface area contributed by atoms with Crippen molar-refractivity contribution < 1.29 is 29.4 Å². The van der Waals surface area contributed by atoms with Gasteiger partial charge in [0.15, 0.2) is 9.74 Å². The molecule has 2 spiro atoms. The van der Waals surface area contributed by atoms with Gasteiger partial charge in [0, 0.05) is 25.5 Å². The molecule has 16 heteroatoms. The van der Waals surface area contributed by atoms with Crippen molar-refractivity contribution >= 4 is 78.2 Å². The standard InChI is InChI=1S/C34H36N6O6S4/c1-15(2)31-27(45)39-23-29(17-11-7-9-13-19(17)35-23,21(41)33(39,49-47-31)25(43)37(31)5)30-18-12-8-10-14-20(18)36-24(30)40-28(46)32(16(3)4)38(6)26(44)34(40,22(30)42)50-48-32/h7-16,21-24,35-36,41-42H,1-6H3/t21-,22?,23-,24+,29-,30?,31-,32-,33-,34-/m0/s1. The maximum absolute atomic E-state index is 15.2. The third-order valence-corrected chi connectivity index (χ3v) is 20.9. The number of carbonyl (C=O) groups is 4. The fourth-order valence-corrected chi connectivity index (χ4v) is 19.4. The van der Waals surface area contributed by atoms with Crippen molar-refractivity contribution in [2.45, 2.75) is 82.5 Å². The molecule has 262 valence electrons. The van der Waals surface area contributed by atoms with E-state index < -0.39 is 66.7 Å². The molecule has 10 aliphatic rings. The van der Waals surface area contributed by atoms with Crippen molar-refractivity contribution in [3.63, 3.8) is 0 Å². The minimum Gasteiger partial charge on any atom is -0.388 e. The van der Waals surface area contributed by atoms with Crippen molar-refractivity contribution in [1.82, 2.24) is 19.6 Å². The summed E-state index contributed by atoms with van der Waals surface area (Å²) >= 11 is 0. The first kappa shape index (κ1) is 31.9. The fraction of sp³-hybridized carbons (Fsp3) is 0.529. The van der Waals surface area contributed by atoms with Crippen LogP contribution in [0.15, 0.2) is 48.5 Å². The molecule has 0 aromatic heterocycles. The summed E-state index contributed by atoms with van der Waals surface area (Å²) < 4.78 is 0. The first-order valence-corrected chi connectivity index (χ1v) is 21.1. The zero-order chi connectivity index (χ0) is 35.3. The van der Waals surface area contributed by atoms with E-state index in [0.29, 0.717) is 22.5 Å². The van der Waals surface area contributed by atoms with Gasteiger partial charge in [0.1, 0.15) is 24.5 Å². The SMILES string of the molecule is CC(C)[C@@]12SS[C@]3(C(=O)N1C)C(O)C1([C@]45c6ccccc6N[C@H]4N4C(=O)[C@]6(C(C)C)SS[C@]4(C(=O)N6C)[C@H]5O)c4ccccc4N[C@@H]1N3C2=O. The van der Waals surface area contributed by atoms with Crippen LogP contribution in [-0.2, 0) is 30.0 Å². The van der Waals surface area contributed by atoms with E-state index in [0.717, 1.165) is 0 Å². The number of hydrogen-bond acceptors (Lipinski definition) is 12. The number of piperazine rings is 2. The lowest BCUT2D eigenvalue weighted by Crippen LogP contribution is -2.79. The van der Waals surface area contributed by atoms with Crippen molar-refractivity contribution in [3.8, 4) is 0 Å². The Kier molecular flexibility index (Phi) is 5.90. The highest BCUT2D eigenvalue weighted by molar-refractivity contribution is 8.78. The molecule has 12 rings (SSSR count). The second-order valence-corrected chi connectivity index (χ2v) is 20.4. The van der Waals surface area contributed by atoms with Gasteiger partial charge in [-0.3, -0.25) is 29.0 Å². The van der Waals surface area contributed by atoms with Crippen LogP contribution in [0.2, 0.25) is 0 Å². The van der Waals surface area contributed by atoms with Gasteiger partial charge in [-0.2, -0.15) is 0 Å². The zero-order valence-electron chi connectivity index (χ0n) is 28.0. The number of nitrogens with one attached hydrogen (secondary N) is 2. The second-order valence-electron chi connectivity index (χ2n) is 15.2. The highest BCUT2D eigenvalue weighted by Crippen LogP contribution is 2.79. The first-order chi connectivity index (χ1) is 23.7. The Hall–Kier alpha value is -2.76. The summed E-state index contributed by atoms with van der Waals surface area (Å²) in [6, 6.07) is 14.9. The Balaban J connectivity index is 1.33. The average molecular weight is 753 g/mol. The van der Waals surface area contributed by atoms with Crippen LogP contribution in [0.4, 0.5) is 11.4 Å². The van der Waals surface area contributed by atoms with Crippen LogP contribution >= 0.6 is 43.2 Å². The molecule has 4 amide bonds. The van der Waals surface area contributed by atoms with Crippen LogP contribution in [0.5, 0.6) is 0 Å². The van der Waals surface area contributed by atoms with E-state index >= 15 is 9.59 Å². The monoisotopic (exact) mass is 752 g/mol. The van der Waals surface area contributed by atoms with Crippen molar-refractivity contribution in [2.75, 3.05) is 24.7 Å². The number of anilines is 2. The van der Waals surface area contributed by atoms with Gasteiger partial charge in [0.25, 0.3) is 23.6 Å². The van der Waals surface area contributed by atoms with E-state index in [-0.39, 0.29) is 23.7 Å². The molecule has 8 saturated heterocycles. The topological polar surface area (TPSA) is 146 Å². The number of aliphatic hydroxyl groups excluding tert-OH is 2. The Labute approximate surface area is 304 Å². The van der Waals surface area contributed by atoms with Crippen LogP contribution in [0.3, 0.4) is 0 Å². The lowest BCUT2D eigenvalue weighted by Gasteiger charge is -2.60. The number of hydrogen-bond donors (Lipinski definition) is 4. The normalized spacial score (nSPS) is 44.4. The molecular formula is C34H36N6O6S4. The minimum absolute atomic E-state index is 0.276. The highest BCUT2D eigenvalue weighted by Gasteiger charge is 2.93. The molecule has 10 heterocycles. The molecule has 2 aromatic carbocycles. The van der Waals surface area contributed by atoms with E-state index in [2.05, 4.69) is 10.6 Å². The van der Waals surface area contributed by atoms with Crippen molar-refractivity contribution in [2.24, 2.45) is 11.8 Å². The molecule has 0 radical (unpaired) electrons. The summed E-state index contributed by atoms with van der Waals surface area (Å²) in [5.74, 6) is -1.97. The Morgan fingerprint density at radius 3 is 1.32 bits per heavy atom. The summed E-state index contributed by atoms with van der Waals surface area (Å²) in [5.41, 5.74) is -0.799. The largest absolute Gasteiger partial charge is 0.388 e. The van der Waals surface area contributed by atoms with Gasteiger partial charge in [0.2, 0.25) is 9.74 Å². The summed E-state index contributed by atoms with van der Waals surface area (Å²) in [7, 11) is 8.25. The average Bonchev–Trinajstić information content (AvgIpc) is 3.74. The lowest BCUT2D eigenvalue weighted by molar-refractivity contribution is -0.169. The Morgan fingerprint density at radius 2 is 0.960 bits per heavy atom. The number of benzene rings is 2. The van der Waals surface area contributed by atoms with Crippen LogP contribution in [0.25, 0.3) is 0 Å². The number of nitrogens with zero attached hydrogens (tertiary/aromatic N) is 4. The van der Waals surface area contributed by atoms with Crippen molar-refractivity contribution in [1.29, 1.82) is 0 Å². The van der Waals surface area contributed by atoms with Gasteiger partial charge in [-0.05, 0) is 56.7 Å². The Morgan fingerprint density at radius 1 is 0.600 bits per heavy atom. The van der Waals surface area contributed by atoms with Gasteiger partial charge in [-0.15, -0.1) is 0 Å². The highest BCUT2D eigenvalue weighted by atomic mass is 33.1. The molecule has 0 aliphatic carbocycles. The quantitative estimate of drug-likeness (QED) is 0.342. The predicted molar refractivity (Wildman–Crippen MR) is 193 cm³/mol. The Bertz CT molecular complexity index is 1870. The molecule has 50 heavy (non-hydrogen) atoms. The maximum atomic E-state index is 15.2. The van der Waals surface area contributed by atoms with Crippen LogP contribution < -0.4 is 10.6 Å². The van der Waals surface area contributed by atoms with E-state index in [1.54, 1.807) is 23.9 Å². The molecule has 4 bridgehead atoms. The van der Waals surface area contributed by atoms with Crippen molar-refractivity contribution in [3.05, 3.63) is 59.7 Å². The zero-order valence-corrected chi connectivity index (χ0v) is 31.3. The van der Waals surface area contributed by atoms with Gasteiger partial charge in [-0.1, -0.05) is 85.7 Å². The molecule has 2 aromatic rings. The predicted octanol–water partition coefficient (Wildman–Crippen LogP) is 2.60. The number of fused-ring (bicyclic) bond motifs is 11. The summed E-state index contributed by atoms with van der Waals surface area (Å²) in [6.07, 6.45) is -5.27. The molecule has 0 saturated carbocycles. The number of carbonyl (C=O) groups excluding carboxylic acids is 4. The lowest BCUT2D eigenvalue weighted by atomic mass is 9.52. The maximum Gasteiger partial charge on any atom is 0.264 e. The third-order valence-electron chi connectivity index (χ3n) is 13.1. The number of aliphatic hydroxyl groups is 2. The van der Waals surface area contributed by atoms with Gasteiger partial charge in [-0.25, -0.2) is 0 Å².